The highest BCUT2D eigenvalue weighted by Gasteiger charge is 2.40. The number of ether oxygens (including phenoxy) is 1. The van der Waals surface area contributed by atoms with Gasteiger partial charge in [0.1, 0.15) is 24.1 Å². The predicted molar refractivity (Wildman–Crippen MR) is 78.5 cm³/mol. The Morgan fingerprint density at radius 2 is 2.18 bits per heavy atom. The summed E-state index contributed by atoms with van der Waals surface area (Å²) in [5.41, 5.74) is 7.37. The van der Waals surface area contributed by atoms with Gasteiger partial charge in [0.15, 0.2) is 17.7 Å². The molecule has 2 aromatic rings. The highest BCUT2D eigenvalue weighted by atomic mass is 16.5. The normalized spacial score (nSPS) is 26.9. The van der Waals surface area contributed by atoms with E-state index in [1.165, 1.54) is 12.7 Å². The molecule has 1 fully saturated rings. The molecular weight excluding hydrogens is 288 g/mol. The molecule has 118 valence electrons. The van der Waals surface area contributed by atoms with Gasteiger partial charge in [0.25, 0.3) is 0 Å². The first-order valence-electron chi connectivity index (χ1n) is 6.78. The summed E-state index contributed by atoms with van der Waals surface area (Å²) in [4.78, 5) is 14.1. The number of nitrogens with zero attached hydrogens (tertiary/aromatic N) is 5. The second-order valence-corrected chi connectivity index (χ2v) is 5.33. The molecule has 0 saturated carbocycles. The summed E-state index contributed by atoms with van der Waals surface area (Å²) in [6.45, 7) is -0.286. The molecule has 0 unspecified atom stereocenters. The van der Waals surface area contributed by atoms with Crippen LogP contribution in [0.5, 0.6) is 0 Å². The molecule has 9 heteroatoms. The molecule has 22 heavy (non-hydrogen) atoms. The topological polar surface area (TPSA) is 123 Å². The highest BCUT2D eigenvalue weighted by Crippen LogP contribution is 2.36. The van der Waals surface area contributed by atoms with Crippen molar-refractivity contribution in [3.63, 3.8) is 0 Å². The average molecular weight is 306 g/mol. The number of nitrogens with two attached hydrogens (primary N) is 1. The van der Waals surface area contributed by atoms with Crippen molar-refractivity contribution in [2.24, 2.45) is 0 Å². The summed E-state index contributed by atoms with van der Waals surface area (Å²) in [5.74, 6) is 0.277. The summed E-state index contributed by atoms with van der Waals surface area (Å²) in [5, 5.41) is 19.7. The molecule has 2 aromatic heterocycles. The molecule has 1 saturated heterocycles. The minimum atomic E-state index is -0.908. The molecule has 1 aliphatic heterocycles. The quantitative estimate of drug-likeness (QED) is 0.667. The second-order valence-electron chi connectivity index (χ2n) is 5.33. The van der Waals surface area contributed by atoms with E-state index in [4.69, 9.17) is 10.5 Å². The molecule has 0 radical (unpaired) electrons. The highest BCUT2D eigenvalue weighted by molar-refractivity contribution is 5.81. The van der Waals surface area contributed by atoms with E-state index in [1.54, 1.807) is 15.7 Å². The van der Waals surface area contributed by atoms with Crippen LogP contribution in [-0.2, 0) is 4.74 Å². The molecular formula is C13H18N6O3. The molecule has 3 heterocycles. The second kappa shape index (κ2) is 5.52. The van der Waals surface area contributed by atoms with Gasteiger partial charge in [-0.3, -0.25) is 4.57 Å². The number of rotatable bonds is 3. The summed E-state index contributed by atoms with van der Waals surface area (Å²) in [6.07, 6.45) is 2.42. The fourth-order valence-corrected chi connectivity index (χ4v) is 2.53. The Kier molecular flexibility index (Phi) is 3.69. The minimum Gasteiger partial charge on any atom is -0.394 e. The molecule has 3 rings (SSSR count). The Morgan fingerprint density at radius 3 is 2.86 bits per heavy atom. The molecule has 0 aromatic carbocycles. The number of aromatic nitrogens is 4. The average Bonchev–Trinajstić information content (AvgIpc) is 3.02. The van der Waals surface area contributed by atoms with E-state index in [1.807, 2.05) is 14.1 Å². The molecule has 0 amide bonds. The maximum Gasteiger partial charge on any atom is 0.167 e. The van der Waals surface area contributed by atoms with Crippen molar-refractivity contribution in [3.8, 4) is 0 Å². The molecule has 0 bridgehead atoms. The van der Waals surface area contributed by atoms with Gasteiger partial charge < -0.3 is 25.6 Å². The molecule has 1 aliphatic rings. The fourth-order valence-electron chi connectivity index (χ4n) is 2.53. The van der Waals surface area contributed by atoms with Crippen molar-refractivity contribution >= 4 is 17.0 Å². The monoisotopic (exact) mass is 306 g/mol. The lowest BCUT2D eigenvalue weighted by atomic mass is 10.1. The summed E-state index contributed by atoms with van der Waals surface area (Å²) < 4.78 is 7.42. The van der Waals surface area contributed by atoms with Crippen LogP contribution in [0.3, 0.4) is 0 Å². The number of aliphatic hydroxyl groups excluding tert-OH is 2. The van der Waals surface area contributed by atoms with Crippen LogP contribution in [0.15, 0.2) is 24.4 Å². The Bertz CT molecular complexity index is 713. The Balaban J connectivity index is 2.09. The number of hydrogen-bond acceptors (Lipinski definition) is 8. The minimum absolute atomic E-state index is 0.277. The molecule has 9 nitrogen and oxygen atoms in total. The van der Waals surface area contributed by atoms with Crippen LogP contribution >= 0.6 is 0 Å². The summed E-state index contributed by atoms with van der Waals surface area (Å²) in [6, 6.07) is 0. The zero-order valence-corrected chi connectivity index (χ0v) is 12.3. The van der Waals surface area contributed by atoms with Crippen LogP contribution in [-0.4, -0.2) is 67.5 Å². The van der Waals surface area contributed by atoms with E-state index in [9.17, 15) is 10.2 Å². The first-order valence-corrected chi connectivity index (χ1v) is 6.78. The largest absolute Gasteiger partial charge is 0.394 e. The number of nitrogen functional groups attached to an aromatic ring is 1. The number of fused-ring (bicyclic) bond motifs is 1. The summed E-state index contributed by atoms with van der Waals surface area (Å²) >= 11 is 0. The molecule has 0 spiro atoms. The van der Waals surface area contributed by atoms with Crippen LogP contribution in [0.1, 0.15) is 6.23 Å². The van der Waals surface area contributed by atoms with Gasteiger partial charge in [0.05, 0.1) is 12.9 Å². The molecule has 4 N–H and O–H groups in total. The number of imidazole rings is 1. The number of anilines is 1. The van der Waals surface area contributed by atoms with E-state index in [2.05, 4.69) is 15.0 Å². The first-order chi connectivity index (χ1) is 10.5. The Hall–Kier alpha value is -2.23. The van der Waals surface area contributed by atoms with Gasteiger partial charge >= 0.3 is 0 Å². The van der Waals surface area contributed by atoms with Gasteiger partial charge in [-0.2, -0.15) is 0 Å². The maximum atomic E-state index is 10.3. The third kappa shape index (κ3) is 2.28. The lowest BCUT2D eigenvalue weighted by Crippen LogP contribution is -2.26. The van der Waals surface area contributed by atoms with Gasteiger partial charge in [0.2, 0.25) is 0 Å². The van der Waals surface area contributed by atoms with Crippen molar-refractivity contribution in [2.75, 3.05) is 26.4 Å². The Labute approximate surface area is 126 Å². The van der Waals surface area contributed by atoms with E-state index >= 15 is 0 Å². The van der Waals surface area contributed by atoms with Gasteiger partial charge in [-0.25, -0.2) is 15.0 Å². The lowest BCUT2D eigenvalue weighted by Gasteiger charge is -2.16. The Morgan fingerprint density at radius 1 is 1.41 bits per heavy atom. The van der Waals surface area contributed by atoms with E-state index in [0.29, 0.717) is 16.7 Å². The predicted octanol–water partition coefficient (Wildman–Crippen LogP) is -0.895. The van der Waals surface area contributed by atoms with Gasteiger partial charge in [-0.05, 0) is 0 Å². The van der Waals surface area contributed by atoms with Crippen LogP contribution < -0.4 is 5.73 Å². The first kappa shape index (κ1) is 14.7. The number of hydrogen-bond donors (Lipinski definition) is 3. The van der Waals surface area contributed by atoms with Crippen molar-refractivity contribution in [3.05, 3.63) is 24.4 Å². The van der Waals surface area contributed by atoms with Gasteiger partial charge in [-0.1, -0.05) is 0 Å². The zero-order valence-electron chi connectivity index (χ0n) is 12.3. The van der Waals surface area contributed by atoms with Crippen molar-refractivity contribution in [1.29, 1.82) is 0 Å². The van der Waals surface area contributed by atoms with E-state index < -0.39 is 18.4 Å². The third-order valence-electron chi connectivity index (χ3n) is 3.51. The van der Waals surface area contributed by atoms with E-state index in [-0.39, 0.29) is 12.4 Å². The smallest absolute Gasteiger partial charge is 0.167 e. The zero-order chi connectivity index (χ0) is 15.9. The van der Waals surface area contributed by atoms with Crippen molar-refractivity contribution in [2.45, 2.75) is 18.4 Å². The van der Waals surface area contributed by atoms with Crippen molar-refractivity contribution < 1.29 is 14.9 Å². The van der Waals surface area contributed by atoms with E-state index in [0.717, 1.165) is 0 Å². The summed E-state index contributed by atoms with van der Waals surface area (Å²) in [7, 11) is 3.68. The van der Waals surface area contributed by atoms with Crippen LogP contribution in [0.4, 0.5) is 5.82 Å². The maximum absolute atomic E-state index is 10.3. The SMILES string of the molecule is CN(C)C=C1[C@H](n2cnc3c(N)ncnc32)O[C@H](CO)[C@H]1O. The molecule has 0 aliphatic carbocycles. The van der Waals surface area contributed by atoms with Crippen molar-refractivity contribution in [1.82, 2.24) is 24.4 Å². The lowest BCUT2D eigenvalue weighted by molar-refractivity contribution is -0.0422. The number of aliphatic hydroxyl groups is 2. The van der Waals surface area contributed by atoms with Gasteiger partial charge in [-0.15, -0.1) is 0 Å². The molecule has 3 atom stereocenters. The van der Waals surface area contributed by atoms with Crippen LogP contribution in [0.25, 0.3) is 11.2 Å². The van der Waals surface area contributed by atoms with Gasteiger partial charge in [0, 0.05) is 25.9 Å². The third-order valence-corrected chi connectivity index (χ3v) is 3.51. The van der Waals surface area contributed by atoms with Crippen LogP contribution in [0, 0.1) is 0 Å². The van der Waals surface area contributed by atoms with Crippen LogP contribution in [0.2, 0.25) is 0 Å². The standard InChI is InChI=1S/C13H18N6O3/c1-18(2)3-7-10(21)8(4-20)22-13(7)19-6-17-9-11(14)15-5-16-12(9)19/h3,5-6,8,10,13,20-21H,4H2,1-2H3,(H2,14,15,16)/t8-,10+,13-/m1/s1. The fraction of sp³-hybridized carbons (Fsp3) is 0.462.